The topological polar surface area (TPSA) is 53.8 Å². The van der Waals surface area contributed by atoms with Gasteiger partial charge in [0.25, 0.3) is 5.91 Å². The molecule has 2 aromatic rings. The lowest BCUT2D eigenvalue weighted by Gasteiger charge is -2.35. The molecule has 0 atom stereocenters. The van der Waals surface area contributed by atoms with Crippen LogP contribution in [0.5, 0.6) is 0 Å². The molecule has 0 N–H and O–H groups in total. The molecule has 2 fully saturated rings. The smallest absolute Gasteiger partial charge is 0.289 e. The molecule has 0 spiro atoms. The molecule has 4 rings (SSSR count). The predicted octanol–water partition coefficient (Wildman–Crippen LogP) is 4.26. The number of para-hydroxylation sites is 1. The van der Waals surface area contributed by atoms with Crippen LogP contribution in [0.25, 0.3) is 11.0 Å². The van der Waals surface area contributed by atoms with Crippen LogP contribution < -0.4 is 0 Å². The van der Waals surface area contributed by atoms with Crippen molar-refractivity contribution in [1.29, 1.82) is 0 Å². The number of halogens is 1. The van der Waals surface area contributed by atoms with E-state index < -0.39 is 0 Å². The van der Waals surface area contributed by atoms with Gasteiger partial charge < -0.3 is 14.2 Å². The Hall–Kier alpha value is -2.01. The maximum atomic E-state index is 13.0. The molecule has 0 unspecified atom stereocenters. The van der Waals surface area contributed by atoms with Gasteiger partial charge in [0.1, 0.15) is 0 Å². The van der Waals surface area contributed by atoms with Crippen molar-refractivity contribution in [2.24, 2.45) is 5.92 Å². The highest BCUT2D eigenvalue weighted by molar-refractivity contribution is 6.35. The summed E-state index contributed by atoms with van der Waals surface area (Å²) in [4.78, 5) is 29.5. The Kier molecular flexibility index (Phi) is 5.13. The monoisotopic (exact) mass is 388 g/mol. The first-order chi connectivity index (χ1) is 13.1. The van der Waals surface area contributed by atoms with E-state index in [9.17, 15) is 9.59 Å². The van der Waals surface area contributed by atoms with Crippen LogP contribution in [0.15, 0.2) is 22.6 Å². The lowest BCUT2D eigenvalue weighted by molar-refractivity contribution is -0.137. The van der Waals surface area contributed by atoms with Crippen molar-refractivity contribution in [3.05, 3.63) is 34.5 Å². The van der Waals surface area contributed by atoms with Gasteiger partial charge in [0.05, 0.1) is 5.02 Å². The Morgan fingerprint density at radius 3 is 2.41 bits per heavy atom. The van der Waals surface area contributed by atoms with Crippen LogP contribution in [0, 0.1) is 12.8 Å². The van der Waals surface area contributed by atoms with Crippen LogP contribution in [-0.2, 0) is 4.79 Å². The molecule has 27 heavy (non-hydrogen) atoms. The van der Waals surface area contributed by atoms with Crippen molar-refractivity contribution < 1.29 is 14.0 Å². The van der Waals surface area contributed by atoms with Crippen LogP contribution in [0.2, 0.25) is 5.02 Å². The SMILES string of the molecule is Cc1c(C(=O)N2CCC(C(=O)N3CCCCC3)CC2)oc2c(Cl)cccc12. The Morgan fingerprint density at radius 2 is 1.74 bits per heavy atom. The fourth-order valence-corrected chi connectivity index (χ4v) is 4.47. The van der Waals surface area contributed by atoms with Gasteiger partial charge in [0.2, 0.25) is 5.91 Å². The second-order valence-corrected chi connectivity index (χ2v) is 8.03. The van der Waals surface area contributed by atoms with E-state index >= 15 is 0 Å². The summed E-state index contributed by atoms with van der Waals surface area (Å²) in [6, 6.07) is 5.54. The second-order valence-electron chi connectivity index (χ2n) is 7.63. The van der Waals surface area contributed by atoms with E-state index in [1.54, 1.807) is 11.0 Å². The fraction of sp³-hybridized carbons (Fsp3) is 0.524. The minimum atomic E-state index is -0.108. The molecular weight excluding hydrogens is 364 g/mol. The molecular formula is C21H25ClN2O3. The third-order valence-electron chi connectivity index (χ3n) is 5.91. The Labute approximate surface area is 164 Å². The number of hydrogen-bond donors (Lipinski definition) is 0. The highest BCUT2D eigenvalue weighted by atomic mass is 35.5. The molecule has 2 saturated heterocycles. The molecule has 2 aliphatic heterocycles. The molecule has 0 aliphatic carbocycles. The van der Waals surface area contributed by atoms with Gasteiger partial charge in [-0.25, -0.2) is 0 Å². The number of aryl methyl sites for hydroxylation is 1. The number of benzene rings is 1. The van der Waals surface area contributed by atoms with Crippen LogP contribution in [0.1, 0.15) is 48.2 Å². The van der Waals surface area contributed by atoms with E-state index in [0.29, 0.717) is 29.5 Å². The summed E-state index contributed by atoms with van der Waals surface area (Å²) in [6.45, 7) is 4.84. The first-order valence-electron chi connectivity index (χ1n) is 9.82. The van der Waals surface area contributed by atoms with Gasteiger partial charge in [-0.3, -0.25) is 9.59 Å². The van der Waals surface area contributed by atoms with Gasteiger partial charge >= 0.3 is 0 Å². The van der Waals surface area contributed by atoms with Gasteiger partial charge in [-0.15, -0.1) is 0 Å². The molecule has 1 aromatic carbocycles. The molecule has 2 amide bonds. The van der Waals surface area contributed by atoms with E-state index in [1.807, 2.05) is 24.0 Å². The number of hydrogen-bond acceptors (Lipinski definition) is 3. The lowest BCUT2D eigenvalue weighted by atomic mass is 9.94. The zero-order valence-corrected chi connectivity index (χ0v) is 16.4. The molecule has 0 bridgehead atoms. The summed E-state index contributed by atoms with van der Waals surface area (Å²) in [7, 11) is 0. The van der Waals surface area contributed by atoms with Gasteiger partial charge in [-0.05, 0) is 45.1 Å². The quantitative estimate of drug-likeness (QED) is 0.772. The summed E-state index contributed by atoms with van der Waals surface area (Å²) in [5.74, 6) is 0.564. The summed E-state index contributed by atoms with van der Waals surface area (Å²) in [5.41, 5.74) is 1.39. The van der Waals surface area contributed by atoms with Crippen LogP contribution in [0.3, 0.4) is 0 Å². The third-order valence-corrected chi connectivity index (χ3v) is 6.21. The number of fused-ring (bicyclic) bond motifs is 1. The maximum absolute atomic E-state index is 13.0. The molecule has 144 valence electrons. The maximum Gasteiger partial charge on any atom is 0.289 e. The van der Waals surface area contributed by atoms with Crippen molar-refractivity contribution in [1.82, 2.24) is 9.80 Å². The number of carbonyl (C=O) groups excluding carboxylic acids is 2. The van der Waals surface area contributed by atoms with Gasteiger partial charge in [-0.1, -0.05) is 23.7 Å². The van der Waals surface area contributed by atoms with Crippen LogP contribution in [-0.4, -0.2) is 47.8 Å². The Bertz CT molecular complexity index is 862. The van der Waals surface area contributed by atoms with Gasteiger partial charge in [-0.2, -0.15) is 0 Å². The summed E-state index contributed by atoms with van der Waals surface area (Å²) in [5, 5.41) is 1.39. The lowest BCUT2D eigenvalue weighted by Crippen LogP contribution is -2.45. The highest BCUT2D eigenvalue weighted by Crippen LogP contribution is 2.32. The number of piperidine rings is 2. The molecule has 5 nitrogen and oxygen atoms in total. The molecule has 0 saturated carbocycles. The van der Waals surface area contributed by atoms with Crippen LogP contribution >= 0.6 is 11.6 Å². The van der Waals surface area contributed by atoms with E-state index in [1.165, 1.54) is 6.42 Å². The van der Waals surface area contributed by atoms with Gasteiger partial charge in [0.15, 0.2) is 11.3 Å². The second kappa shape index (κ2) is 7.55. The number of likely N-dealkylation sites (tertiary alicyclic amines) is 2. The summed E-state index contributed by atoms with van der Waals surface area (Å²) in [6.07, 6.45) is 4.88. The molecule has 1 aromatic heterocycles. The third kappa shape index (κ3) is 3.45. The summed E-state index contributed by atoms with van der Waals surface area (Å²) < 4.78 is 5.82. The molecule has 0 radical (unpaired) electrons. The highest BCUT2D eigenvalue weighted by Gasteiger charge is 2.32. The molecule has 3 heterocycles. The Morgan fingerprint density at radius 1 is 1.04 bits per heavy atom. The van der Waals surface area contributed by atoms with Crippen molar-refractivity contribution in [2.45, 2.75) is 39.0 Å². The average Bonchev–Trinajstić information content (AvgIpc) is 3.06. The van der Waals surface area contributed by atoms with Crippen LogP contribution in [0.4, 0.5) is 0 Å². The number of nitrogens with zero attached hydrogens (tertiary/aromatic N) is 2. The Balaban J connectivity index is 1.44. The molecule has 2 aliphatic rings. The van der Waals surface area contributed by atoms with Crippen molar-refractivity contribution in [3.63, 3.8) is 0 Å². The van der Waals surface area contributed by atoms with E-state index in [0.717, 1.165) is 49.7 Å². The average molecular weight is 389 g/mol. The zero-order chi connectivity index (χ0) is 19.0. The first-order valence-corrected chi connectivity index (χ1v) is 10.2. The van der Waals surface area contributed by atoms with Crippen molar-refractivity contribution in [3.8, 4) is 0 Å². The number of carbonyl (C=O) groups is 2. The minimum absolute atomic E-state index is 0.0402. The van der Waals surface area contributed by atoms with E-state index in [2.05, 4.69) is 0 Å². The zero-order valence-electron chi connectivity index (χ0n) is 15.7. The number of furan rings is 1. The van der Waals surface area contributed by atoms with Crippen molar-refractivity contribution in [2.75, 3.05) is 26.2 Å². The number of amides is 2. The molecule has 6 heteroatoms. The predicted molar refractivity (Wildman–Crippen MR) is 105 cm³/mol. The largest absolute Gasteiger partial charge is 0.449 e. The normalized spacial score (nSPS) is 18.9. The number of rotatable bonds is 2. The van der Waals surface area contributed by atoms with E-state index in [-0.39, 0.29) is 17.7 Å². The fourth-order valence-electron chi connectivity index (χ4n) is 4.26. The summed E-state index contributed by atoms with van der Waals surface area (Å²) >= 11 is 6.20. The van der Waals surface area contributed by atoms with Crippen molar-refractivity contribution >= 4 is 34.4 Å². The van der Waals surface area contributed by atoms with E-state index in [4.69, 9.17) is 16.0 Å². The standard InChI is InChI=1S/C21H25ClN2O3/c1-14-16-6-5-7-17(22)19(16)27-18(14)21(26)24-12-8-15(9-13-24)20(25)23-10-3-2-4-11-23/h5-7,15H,2-4,8-13H2,1H3. The minimum Gasteiger partial charge on any atom is -0.449 e. The van der Waals surface area contributed by atoms with Gasteiger partial charge in [0, 0.05) is 43.0 Å². The first kappa shape index (κ1) is 18.4.